The van der Waals surface area contributed by atoms with E-state index < -0.39 is 0 Å². The van der Waals surface area contributed by atoms with Crippen LogP contribution in [0.3, 0.4) is 0 Å². The molecule has 0 saturated carbocycles. The van der Waals surface area contributed by atoms with Crippen molar-refractivity contribution in [2.24, 2.45) is 0 Å². The van der Waals surface area contributed by atoms with Crippen molar-refractivity contribution >= 4 is 0 Å². The van der Waals surface area contributed by atoms with Crippen LogP contribution in [0.4, 0.5) is 0 Å². The van der Waals surface area contributed by atoms with Crippen LogP contribution in [0.15, 0.2) is 70.0 Å². The Labute approximate surface area is 116 Å². The molecule has 0 aliphatic rings. The summed E-state index contributed by atoms with van der Waals surface area (Å²) in [6, 6.07) is 17.1. The van der Waals surface area contributed by atoms with Gasteiger partial charge in [-0.3, -0.25) is 4.98 Å². The van der Waals surface area contributed by atoms with Crippen molar-refractivity contribution < 1.29 is 4.42 Å². The SMILES string of the molecule is Cc1c(-c2ccccn2)cc(-c2ccccc2)oc1=O. The molecule has 0 amide bonds. The van der Waals surface area contributed by atoms with E-state index in [1.54, 1.807) is 13.1 Å². The molecule has 0 fully saturated rings. The highest BCUT2D eigenvalue weighted by molar-refractivity contribution is 5.69. The molecule has 0 atom stereocenters. The molecule has 0 radical (unpaired) electrons. The van der Waals surface area contributed by atoms with E-state index in [-0.39, 0.29) is 5.63 Å². The third-order valence-electron chi connectivity index (χ3n) is 3.19. The molecule has 3 rings (SSSR count). The van der Waals surface area contributed by atoms with Gasteiger partial charge < -0.3 is 4.42 Å². The minimum Gasteiger partial charge on any atom is -0.422 e. The molecule has 1 aromatic carbocycles. The number of hydrogen-bond acceptors (Lipinski definition) is 3. The van der Waals surface area contributed by atoms with E-state index in [9.17, 15) is 4.79 Å². The van der Waals surface area contributed by atoms with Crippen molar-refractivity contribution in [1.29, 1.82) is 0 Å². The Hall–Kier alpha value is -2.68. The van der Waals surface area contributed by atoms with E-state index >= 15 is 0 Å². The fraction of sp³-hybridized carbons (Fsp3) is 0.0588. The Balaban J connectivity index is 2.22. The molecule has 3 aromatic rings. The average molecular weight is 263 g/mol. The molecule has 2 aromatic heterocycles. The summed E-state index contributed by atoms with van der Waals surface area (Å²) in [5.41, 5.74) is 2.70. The average Bonchev–Trinajstić information content (AvgIpc) is 2.51. The topological polar surface area (TPSA) is 43.1 Å². The molecule has 3 heteroatoms. The lowest BCUT2D eigenvalue weighted by atomic mass is 10.0. The molecular weight excluding hydrogens is 250 g/mol. The number of pyridine rings is 1. The summed E-state index contributed by atoms with van der Waals surface area (Å²) in [6.07, 6.45) is 1.71. The molecule has 3 nitrogen and oxygen atoms in total. The third-order valence-corrected chi connectivity index (χ3v) is 3.19. The number of nitrogens with zero attached hydrogens (tertiary/aromatic N) is 1. The zero-order chi connectivity index (χ0) is 13.9. The summed E-state index contributed by atoms with van der Waals surface area (Å²) in [4.78, 5) is 16.3. The maximum absolute atomic E-state index is 12.0. The molecule has 0 unspecified atom stereocenters. The van der Waals surface area contributed by atoms with Gasteiger partial charge in [0.05, 0.1) is 5.69 Å². The minimum atomic E-state index is -0.327. The van der Waals surface area contributed by atoms with Crippen LogP contribution in [-0.2, 0) is 0 Å². The minimum absolute atomic E-state index is 0.327. The Morgan fingerprint density at radius 2 is 1.75 bits per heavy atom. The van der Waals surface area contributed by atoms with Gasteiger partial charge in [-0.25, -0.2) is 4.79 Å². The summed E-state index contributed by atoms with van der Waals surface area (Å²) in [5.74, 6) is 0.557. The molecule has 20 heavy (non-hydrogen) atoms. The van der Waals surface area contributed by atoms with Gasteiger partial charge in [-0.05, 0) is 25.1 Å². The van der Waals surface area contributed by atoms with Crippen molar-refractivity contribution in [2.75, 3.05) is 0 Å². The Bertz CT molecular complexity index is 777. The molecule has 2 heterocycles. The van der Waals surface area contributed by atoms with E-state index in [0.29, 0.717) is 11.3 Å². The first kappa shape index (κ1) is 12.4. The lowest BCUT2D eigenvalue weighted by Gasteiger charge is -2.07. The van der Waals surface area contributed by atoms with Gasteiger partial charge in [-0.2, -0.15) is 0 Å². The predicted molar refractivity (Wildman–Crippen MR) is 78.4 cm³/mol. The standard InChI is InChI=1S/C17H13NO2/c1-12-14(15-9-5-6-10-18-15)11-16(20-17(12)19)13-7-3-2-4-8-13/h2-11H,1H3. The van der Waals surface area contributed by atoms with Gasteiger partial charge in [0.2, 0.25) is 0 Å². The number of aromatic nitrogens is 1. The molecule has 0 spiro atoms. The number of benzene rings is 1. The third kappa shape index (κ3) is 2.26. The number of hydrogen-bond donors (Lipinski definition) is 0. The second-order valence-corrected chi connectivity index (χ2v) is 4.52. The largest absolute Gasteiger partial charge is 0.422 e. The van der Waals surface area contributed by atoms with Crippen LogP contribution in [0.25, 0.3) is 22.6 Å². The number of rotatable bonds is 2. The maximum atomic E-state index is 12.0. The van der Waals surface area contributed by atoms with Gasteiger partial charge in [-0.1, -0.05) is 36.4 Å². The van der Waals surface area contributed by atoms with Crippen molar-refractivity contribution in [3.63, 3.8) is 0 Å². The molecule has 0 aliphatic carbocycles. The first-order valence-electron chi connectivity index (χ1n) is 6.37. The molecule has 0 N–H and O–H groups in total. The summed E-state index contributed by atoms with van der Waals surface area (Å²) in [7, 11) is 0. The van der Waals surface area contributed by atoms with Gasteiger partial charge in [0.15, 0.2) is 0 Å². The van der Waals surface area contributed by atoms with E-state index in [1.807, 2.05) is 54.6 Å². The van der Waals surface area contributed by atoms with Gasteiger partial charge in [0.25, 0.3) is 0 Å². The quantitative estimate of drug-likeness (QED) is 0.708. The highest BCUT2D eigenvalue weighted by Crippen LogP contribution is 2.25. The molecular formula is C17H13NO2. The van der Waals surface area contributed by atoms with E-state index in [1.165, 1.54) is 0 Å². The molecule has 0 bridgehead atoms. The van der Waals surface area contributed by atoms with Gasteiger partial charge >= 0.3 is 5.63 Å². The summed E-state index contributed by atoms with van der Waals surface area (Å²) >= 11 is 0. The Morgan fingerprint density at radius 3 is 2.45 bits per heavy atom. The zero-order valence-electron chi connectivity index (χ0n) is 11.0. The summed E-state index contributed by atoms with van der Waals surface area (Å²) < 4.78 is 5.37. The molecule has 0 saturated heterocycles. The lowest BCUT2D eigenvalue weighted by molar-refractivity contribution is 0.521. The van der Waals surface area contributed by atoms with E-state index in [0.717, 1.165) is 16.8 Å². The van der Waals surface area contributed by atoms with Crippen LogP contribution < -0.4 is 5.63 Å². The second kappa shape index (κ2) is 5.13. The fourth-order valence-electron chi connectivity index (χ4n) is 2.09. The maximum Gasteiger partial charge on any atom is 0.339 e. The normalized spacial score (nSPS) is 10.4. The lowest BCUT2D eigenvalue weighted by Crippen LogP contribution is -2.06. The van der Waals surface area contributed by atoms with E-state index in [4.69, 9.17) is 4.42 Å². The first-order valence-corrected chi connectivity index (χ1v) is 6.37. The highest BCUT2D eigenvalue weighted by Gasteiger charge is 2.11. The molecule has 0 aliphatic heterocycles. The fourth-order valence-corrected chi connectivity index (χ4v) is 2.09. The van der Waals surface area contributed by atoms with Crippen LogP contribution >= 0.6 is 0 Å². The van der Waals surface area contributed by atoms with Crippen molar-refractivity contribution in [3.05, 3.63) is 76.8 Å². The smallest absolute Gasteiger partial charge is 0.339 e. The van der Waals surface area contributed by atoms with Gasteiger partial charge in [0, 0.05) is 22.9 Å². The van der Waals surface area contributed by atoms with E-state index in [2.05, 4.69) is 4.98 Å². The Kier molecular flexibility index (Phi) is 3.17. The van der Waals surface area contributed by atoms with Crippen molar-refractivity contribution in [3.8, 4) is 22.6 Å². The van der Waals surface area contributed by atoms with Gasteiger partial charge in [-0.15, -0.1) is 0 Å². The summed E-state index contributed by atoms with van der Waals surface area (Å²) in [5, 5.41) is 0. The highest BCUT2D eigenvalue weighted by atomic mass is 16.4. The van der Waals surface area contributed by atoms with Crippen LogP contribution in [0.5, 0.6) is 0 Å². The van der Waals surface area contributed by atoms with Crippen molar-refractivity contribution in [1.82, 2.24) is 4.98 Å². The monoisotopic (exact) mass is 263 g/mol. The van der Waals surface area contributed by atoms with Crippen LogP contribution in [0.2, 0.25) is 0 Å². The van der Waals surface area contributed by atoms with Crippen LogP contribution in [0, 0.1) is 6.92 Å². The van der Waals surface area contributed by atoms with Crippen LogP contribution in [0.1, 0.15) is 5.56 Å². The summed E-state index contributed by atoms with van der Waals surface area (Å²) in [6.45, 7) is 1.75. The molecule has 98 valence electrons. The predicted octanol–water partition coefficient (Wildman–Crippen LogP) is 3.68. The first-order chi connectivity index (χ1) is 9.75. The Morgan fingerprint density at radius 1 is 1.00 bits per heavy atom. The van der Waals surface area contributed by atoms with Gasteiger partial charge in [0.1, 0.15) is 5.76 Å². The second-order valence-electron chi connectivity index (χ2n) is 4.52. The van der Waals surface area contributed by atoms with Crippen LogP contribution in [-0.4, -0.2) is 4.98 Å². The van der Waals surface area contributed by atoms with Crippen molar-refractivity contribution in [2.45, 2.75) is 6.92 Å². The zero-order valence-corrected chi connectivity index (χ0v) is 11.0.